The summed E-state index contributed by atoms with van der Waals surface area (Å²) in [6, 6.07) is 13.5. The summed E-state index contributed by atoms with van der Waals surface area (Å²) in [7, 11) is 0. The van der Waals surface area contributed by atoms with Crippen LogP contribution in [0.15, 0.2) is 48.5 Å². The van der Waals surface area contributed by atoms with Crippen LogP contribution >= 0.6 is 11.6 Å². The molecule has 0 aliphatic heterocycles. The SMILES string of the molecule is NC(=O)c1ccc(OCC(=O)NCc2ccc(Cl)cc2)cc1. The lowest BCUT2D eigenvalue weighted by molar-refractivity contribution is -0.123. The van der Waals surface area contributed by atoms with E-state index >= 15 is 0 Å². The van der Waals surface area contributed by atoms with E-state index < -0.39 is 5.91 Å². The van der Waals surface area contributed by atoms with E-state index in [9.17, 15) is 9.59 Å². The van der Waals surface area contributed by atoms with E-state index in [0.29, 0.717) is 22.9 Å². The fraction of sp³-hybridized carbons (Fsp3) is 0.125. The average molecular weight is 319 g/mol. The fourth-order valence-corrected chi connectivity index (χ4v) is 1.84. The first kappa shape index (κ1) is 15.9. The van der Waals surface area contributed by atoms with Crippen LogP contribution in [0.2, 0.25) is 5.02 Å². The molecule has 0 atom stereocenters. The van der Waals surface area contributed by atoms with E-state index in [4.69, 9.17) is 22.1 Å². The number of hydrogen-bond acceptors (Lipinski definition) is 3. The maximum Gasteiger partial charge on any atom is 0.258 e. The molecule has 2 amide bonds. The smallest absolute Gasteiger partial charge is 0.258 e. The van der Waals surface area contributed by atoms with Crippen molar-refractivity contribution in [2.45, 2.75) is 6.54 Å². The molecule has 0 bridgehead atoms. The molecule has 0 saturated carbocycles. The molecule has 2 aromatic carbocycles. The Balaban J connectivity index is 1.77. The van der Waals surface area contributed by atoms with Gasteiger partial charge in [-0.15, -0.1) is 0 Å². The molecular formula is C16H15ClN2O3. The van der Waals surface area contributed by atoms with Crippen LogP contribution in [0.3, 0.4) is 0 Å². The number of amides is 2. The molecule has 5 nitrogen and oxygen atoms in total. The number of ether oxygens (including phenoxy) is 1. The van der Waals surface area contributed by atoms with Crippen molar-refractivity contribution in [3.63, 3.8) is 0 Å². The molecule has 2 rings (SSSR count). The first-order chi connectivity index (χ1) is 10.5. The number of halogens is 1. The molecule has 2 aromatic rings. The van der Waals surface area contributed by atoms with Crippen LogP contribution in [-0.4, -0.2) is 18.4 Å². The molecule has 0 heterocycles. The van der Waals surface area contributed by atoms with Gasteiger partial charge in [-0.25, -0.2) is 0 Å². The van der Waals surface area contributed by atoms with Gasteiger partial charge in [-0.2, -0.15) is 0 Å². The molecular weight excluding hydrogens is 304 g/mol. The highest BCUT2D eigenvalue weighted by Gasteiger charge is 2.04. The third-order valence-electron chi connectivity index (χ3n) is 2.91. The predicted molar refractivity (Wildman–Crippen MR) is 83.8 cm³/mol. The van der Waals surface area contributed by atoms with Gasteiger partial charge in [0.1, 0.15) is 5.75 Å². The summed E-state index contributed by atoms with van der Waals surface area (Å²) in [5.74, 6) is -0.257. The summed E-state index contributed by atoms with van der Waals surface area (Å²) >= 11 is 5.79. The third kappa shape index (κ3) is 4.79. The quantitative estimate of drug-likeness (QED) is 0.856. The predicted octanol–water partition coefficient (Wildman–Crippen LogP) is 2.13. The van der Waals surface area contributed by atoms with E-state index in [-0.39, 0.29) is 12.5 Å². The van der Waals surface area contributed by atoms with Crippen LogP contribution in [0.25, 0.3) is 0 Å². The normalized spacial score (nSPS) is 10.0. The van der Waals surface area contributed by atoms with Crippen molar-refractivity contribution >= 4 is 23.4 Å². The minimum Gasteiger partial charge on any atom is -0.484 e. The summed E-state index contributed by atoms with van der Waals surface area (Å²) < 4.78 is 5.32. The largest absolute Gasteiger partial charge is 0.484 e. The molecule has 0 saturated heterocycles. The number of carbonyl (C=O) groups excluding carboxylic acids is 2. The molecule has 114 valence electrons. The molecule has 6 heteroatoms. The second-order valence-electron chi connectivity index (χ2n) is 4.58. The molecule has 0 aromatic heterocycles. The van der Waals surface area contributed by atoms with Crippen LogP contribution in [0.5, 0.6) is 5.75 Å². The van der Waals surface area contributed by atoms with Crippen molar-refractivity contribution in [1.82, 2.24) is 5.32 Å². The van der Waals surface area contributed by atoms with Gasteiger partial charge in [-0.1, -0.05) is 23.7 Å². The monoisotopic (exact) mass is 318 g/mol. The number of rotatable bonds is 6. The van der Waals surface area contributed by atoms with E-state index in [1.165, 1.54) is 0 Å². The van der Waals surface area contributed by atoms with Gasteiger partial charge in [-0.05, 0) is 42.0 Å². The topological polar surface area (TPSA) is 81.4 Å². The van der Waals surface area contributed by atoms with E-state index in [1.54, 1.807) is 36.4 Å². The number of carbonyl (C=O) groups is 2. The molecule has 0 aliphatic rings. The highest BCUT2D eigenvalue weighted by atomic mass is 35.5. The summed E-state index contributed by atoms with van der Waals surface area (Å²) in [6.07, 6.45) is 0. The van der Waals surface area contributed by atoms with Crippen LogP contribution in [-0.2, 0) is 11.3 Å². The second kappa shape index (κ2) is 7.47. The number of nitrogens with one attached hydrogen (secondary N) is 1. The Hall–Kier alpha value is -2.53. The first-order valence-electron chi connectivity index (χ1n) is 6.58. The number of hydrogen-bond donors (Lipinski definition) is 2. The Morgan fingerprint density at radius 2 is 1.68 bits per heavy atom. The summed E-state index contributed by atoms with van der Waals surface area (Å²) in [6.45, 7) is 0.295. The molecule has 0 radical (unpaired) electrons. The van der Waals surface area contributed by atoms with E-state index in [1.807, 2.05) is 12.1 Å². The Morgan fingerprint density at radius 1 is 1.05 bits per heavy atom. The Kier molecular flexibility index (Phi) is 5.38. The van der Waals surface area contributed by atoms with Gasteiger partial charge in [0, 0.05) is 17.1 Å². The van der Waals surface area contributed by atoms with Crippen molar-refractivity contribution in [1.29, 1.82) is 0 Å². The van der Waals surface area contributed by atoms with Crippen molar-refractivity contribution in [2.24, 2.45) is 5.73 Å². The van der Waals surface area contributed by atoms with Gasteiger partial charge in [-0.3, -0.25) is 9.59 Å². The van der Waals surface area contributed by atoms with Gasteiger partial charge >= 0.3 is 0 Å². The number of primary amides is 1. The standard InChI is InChI=1S/C16H15ClN2O3/c17-13-5-1-11(2-6-13)9-19-15(20)10-22-14-7-3-12(4-8-14)16(18)21/h1-8H,9-10H2,(H2,18,21)(H,19,20). The summed E-state index contributed by atoms with van der Waals surface area (Å²) in [4.78, 5) is 22.6. The molecule has 0 unspecified atom stereocenters. The van der Waals surface area contributed by atoms with Gasteiger partial charge < -0.3 is 15.8 Å². The minimum atomic E-state index is -0.507. The van der Waals surface area contributed by atoms with Crippen LogP contribution in [0.1, 0.15) is 15.9 Å². The Bertz CT molecular complexity index is 654. The zero-order valence-corrected chi connectivity index (χ0v) is 12.5. The van der Waals surface area contributed by atoms with Crippen molar-refractivity contribution in [3.05, 3.63) is 64.7 Å². The molecule has 0 aliphatic carbocycles. The van der Waals surface area contributed by atoms with E-state index in [0.717, 1.165) is 5.56 Å². The van der Waals surface area contributed by atoms with Gasteiger partial charge in [0.25, 0.3) is 5.91 Å². The second-order valence-corrected chi connectivity index (χ2v) is 5.02. The molecule has 22 heavy (non-hydrogen) atoms. The molecule has 0 fully saturated rings. The average Bonchev–Trinajstić information content (AvgIpc) is 2.52. The zero-order valence-electron chi connectivity index (χ0n) is 11.7. The summed E-state index contributed by atoms with van der Waals surface area (Å²) in [5, 5.41) is 3.39. The third-order valence-corrected chi connectivity index (χ3v) is 3.16. The zero-order chi connectivity index (χ0) is 15.9. The van der Waals surface area contributed by atoms with Gasteiger partial charge in [0.15, 0.2) is 6.61 Å². The first-order valence-corrected chi connectivity index (χ1v) is 6.96. The van der Waals surface area contributed by atoms with Gasteiger partial charge in [0.2, 0.25) is 5.91 Å². The van der Waals surface area contributed by atoms with Crippen LogP contribution in [0.4, 0.5) is 0 Å². The van der Waals surface area contributed by atoms with Crippen molar-refractivity contribution in [3.8, 4) is 5.75 Å². The highest BCUT2D eigenvalue weighted by molar-refractivity contribution is 6.30. The number of benzene rings is 2. The van der Waals surface area contributed by atoms with Crippen molar-refractivity contribution in [2.75, 3.05) is 6.61 Å². The van der Waals surface area contributed by atoms with Crippen LogP contribution in [0, 0.1) is 0 Å². The highest BCUT2D eigenvalue weighted by Crippen LogP contribution is 2.12. The Labute approximate surface area is 133 Å². The minimum absolute atomic E-state index is 0.108. The van der Waals surface area contributed by atoms with Gasteiger partial charge in [0.05, 0.1) is 0 Å². The van der Waals surface area contributed by atoms with Crippen molar-refractivity contribution < 1.29 is 14.3 Å². The molecule has 0 spiro atoms. The lowest BCUT2D eigenvalue weighted by Gasteiger charge is -2.08. The van der Waals surface area contributed by atoms with Crippen LogP contribution < -0.4 is 15.8 Å². The van der Waals surface area contributed by atoms with E-state index in [2.05, 4.69) is 5.32 Å². The fourth-order valence-electron chi connectivity index (χ4n) is 1.72. The maximum absolute atomic E-state index is 11.7. The summed E-state index contributed by atoms with van der Waals surface area (Å²) in [5.41, 5.74) is 6.47. The molecule has 3 N–H and O–H groups in total. The lowest BCUT2D eigenvalue weighted by Crippen LogP contribution is -2.28. The Morgan fingerprint density at radius 3 is 2.27 bits per heavy atom. The number of nitrogens with two attached hydrogens (primary N) is 1. The lowest BCUT2D eigenvalue weighted by atomic mass is 10.2. The maximum atomic E-state index is 11.7.